The number of aliphatic hydroxyl groups excluding tert-OH is 1. The minimum Gasteiger partial charge on any atom is -0.466 e. The van der Waals surface area contributed by atoms with E-state index < -0.39 is 30.6 Å². The molecule has 168 valence electrons. The van der Waals surface area contributed by atoms with Crippen LogP contribution in [0, 0.1) is 11.8 Å². The number of carbonyl (C=O) groups excluding carboxylic acids is 4. The fraction of sp³-hybridized carbons (Fsp3) is 0.800. The number of unbranched alkanes of at least 4 members (excludes halogenated alkanes) is 1. The molecule has 0 aromatic rings. The first-order valence-corrected chi connectivity index (χ1v) is 10.1. The first-order chi connectivity index (χ1) is 13.6. The largest absolute Gasteiger partial charge is 0.466 e. The second kappa shape index (κ2) is 14.8. The average molecular weight is 417 g/mol. The lowest BCUT2D eigenvalue weighted by Gasteiger charge is -2.23. The fourth-order valence-electron chi connectivity index (χ4n) is 2.29. The Morgan fingerprint density at radius 3 is 2.00 bits per heavy atom. The zero-order valence-electron chi connectivity index (χ0n) is 18.2. The van der Waals surface area contributed by atoms with Crippen molar-refractivity contribution in [3.05, 3.63) is 0 Å². The van der Waals surface area contributed by atoms with E-state index in [0.29, 0.717) is 19.3 Å². The maximum Gasteiger partial charge on any atom is 0.328 e. The van der Waals surface area contributed by atoms with Gasteiger partial charge < -0.3 is 25.2 Å². The van der Waals surface area contributed by atoms with Crippen molar-refractivity contribution in [3.63, 3.8) is 0 Å². The van der Waals surface area contributed by atoms with E-state index in [1.165, 1.54) is 0 Å². The lowest BCUT2D eigenvalue weighted by Crippen LogP contribution is -2.54. The molecule has 0 aliphatic rings. The molecular formula is C20H36N2O7. The zero-order valence-corrected chi connectivity index (χ0v) is 18.2. The van der Waals surface area contributed by atoms with Gasteiger partial charge in [0.25, 0.3) is 0 Å². The van der Waals surface area contributed by atoms with E-state index >= 15 is 0 Å². The lowest BCUT2D eigenvalue weighted by molar-refractivity contribution is -0.150. The summed E-state index contributed by atoms with van der Waals surface area (Å²) in [4.78, 5) is 47.4. The summed E-state index contributed by atoms with van der Waals surface area (Å²) in [6.07, 6.45) is 1.63. The van der Waals surface area contributed by atoms with Gasteiger partial charge in [-0.2, -0.15) is 0 Å². The average Bonchev–Trinajstić information content (AvgIpc) is 2.65. The number of amides is 2. The van der Waals surface area contributed by atoms with E-state index in [1.807, 2.05) is 13.8 Å². The molecule has 29 heavy (non-hydrogen) atoms. The van der Waals surface area contributed by atoms with E-state index in [-0.39, 0.29) is 43.3 Å². The third kappa shape index (κ3) is 12.1. The Bertz CT molecular complexity index is 535. The molecule has 0 aromatic heterocycles. The molecule has 0 radical (unpaired) electrons. The van der Waals surface area contributed by atoms with Crippen molar-refractivity contribution in [3.8, 4) is 0 Å². The van der Waals surface area contributed by atoms with Crippen LogP contribution in [-0.4, -0.2) is 60.8 Å². The van der Waals surface area contributed by atoms with Crippen LogP contribution in [0.15, 0.2) is 0 Å². The Labute approximate surface area is 172 Å². The van der Waals surface area contributed by atoms with Gasteiger partial charge in [0.1, 0.15) is 12.1 Å². The van der Waals surface area contributed by atoms with Crippen LogP contribution in [0.3, 0.4) is 0 Å². The number of aliphatic hydroxyl groups is 1. The quantitative estimate of drug-likeness (QED) is 0.283. The zero-order chi connectivity index (χ0) is 22.4. The maximum atomic E-state index is 12.3. The molecule has 0 heterocycles. The van der Waals surface area contributed by atoms with Crippen molar-refractivity contribution < 1.29 is 33.8 Å². The molecule has 2 amide bonds. The summed E-state index contributed by atoms with van der Waals surface area (Å²) in [5.74, 6) is -1.87. The van der Waals surface area contributed by atoms with Crippen LogP contribution in [0.2, 0.25) is 0 Å². The second-order valence-corrected chi connectivity index (χ2v) is 7.58. The number of hydrogen-bond acceptors (Lipinski definition) is 7. The van der Waals surface area contributed by atoms with Crippen molar-refractivity contribution in [1.29, 1.82) is 0 Å². The topological polar surface area (TPSA) is 131 Å². The lowest BCUT2D eigenvalue weighted by atomic mass is 10.0. The molecule has 9 nitrogen and oxygen atoms in total. The van der Waals surface area contributed by atoms with Gasteiger partial charge in [-0.25, -0.2) is 4.79 Å². The molecular weight excluding hydrogens is 380 g/mol. The third-order valence-corrected chi connectivity index (χ3v) is 3.99. The molecule has 0 aromatic carbocycles. The van der Waals surface area contributed by atoms with Crippen LogP contribution in [0.4, 0.5) is 0 Å². The van der Waals surface area contributed by atoms with Crippen LogP contribution in [-0.2, 0) is 28.7 Å². The van der Waals surface area contributed by atoms with E-state index in [2.05, 4.69) is 10.6 Å². The Kier molecular flexibility index (Phi) is 13.7. The molecule has 0 rings (SSSR count). The first kappa shape index (κ1) is 26.8. The van der Waals surface area contributed by atoms with Crippen LogP contribution >= 0.6 is 0 Å². The molecule has 3 N–H and O–H groups in total. The van der Waals surface area contributed by atoms with Crippen molar-refractivity contribution in [2.75, 3.05) is 19.8 Å². The van der Waals surface area contributed by atoms with Gasteiger partial charge in [0.2, 0.25) is 11.8 Å². The number of ether oxygens (including phenoxy) is 2. The first-order valence-electron chi connectivity index (χ1n) is 10.1. The van der Waals surface area contributed by atoms with Gasteiger partial charge in [0.15, 0.2) is 0 Å². The number of rotatable bonds is 14. The Balaban J connectivity index is 4.37. The van der Waals surface area contributed by atoms with E-state index in [0.717, 1.165) is 0 Å². The highest BCUT2D eigenvalue weighted by atomic mass is 16.5. The molecule has 0 spiro atoms. The monoisotopic (exact) mass is 416 g/mol. The summed E-state index contributed by atoms with van der Waals surface area (Å²) in [7, 11) is 0. The summed E-state index contributed by atoms with van der Waals surface area (Å²) in [5.41, 5.74) is 0. The normalized spacial score (nSPS) is 13.0. The predicted octanol–water partition coefficient (Wildman–Crippen LogP) is 0.927. The molecule has 0 fully saturated rings. The van der Waals surface area contributed by atoms with Gasteiger partial charge in [-0.3, -0.25) is 14.4 Å². The van der Waals surface area contributed by atoms with Crippen molar-refractivity contribution >= 4 is 23.8 Å². The molecule has 2 unspecified atom stereocenters. The summed E-state index contributed by atoms with van der Waals surface area (Å²) < 4.78 is 10.3. The van der Waals surface area contributed by atoms with Gasteiger partial charge in [-0.05, 0) is 24.7 Å². The fourth-order valence-corrected chi connectivity index (χ4v) is 2.29. The number of carbonyl (C=O) groups is 4. The Morgan fingerprint density at radius 2 is 1.52 bits per heavy atom. The van der Waals surface area contributed by atoms with Crippen LogP contribution in [0.1, 0.15) is 60.3 Å². The Hall–Kier alpha value is -2.16. The van der Waals surface area contributed by atoms with E-state index in [1.54, 1.807) is 20.8 Å². The van der Waals surface area contributed by atoms with Crippen LogP contribution in [0.25, 0.3) is 0 Å². The van der Waals surface area contributed by atoms with Crippen LogP contribution < -0.4 is 10.6 Å². The van der Waals surface area contributed by atoms with Gasteiger partial charge in [-0.1, -0.05) is 34.6 Å². The van der Waals surface area contributed by atoms with Gasteiger partial charge >= 0.3 is 11.9 Å². The standard InChI is InChI=1S/C20H36N2O7/c1-6-16(24)21-15(12-23)19(26)22-18(14(4)5)20(27)29-10-8-7-9-28-17(25)11-13(2)3/h13-15,18,23H,6-12H2,1-5H3,(H,21,24)(H,22,26). The molecule has 0 saturated carbocycles. The maximum absolute atomic E-state index is 12.3. The highest BCUT2D eigenvalue weighted by Crippen LogP contribution is 2.06. The van der Waals surface area contributed by atoms with Gasteiger partial charge in [0.05, 0.1) is 19.8 Å². The van der Waals surface area contributed by atoms with E-state index in [9.17, 15) is 24.3 Å². The summed E-state index contributed by atoms with van der Waals surface area (Å²) in [5, 5.41) is 14.2. The molecule has 0 saturated heterocycles. The number of hydrogen-bond donors (Lipinski definition) is 3. The summed E-state index contributed by atoms with van der Waals surface area (Å²) in [6.45, 7) is 8.82. The second-order valence-electron chi connectivity index (χ2n) is 7.58. The molecule has 0 aliphatic carbocycles. The smallest absolute Gasteiger partial charge is 0.328 e. The van der Waals surface area contributed by atoms with Crippen molar-refractivity contribution in [2.24, 2.45) is 11.8 Å². The minimum atomic E-state index is -1.13. The molecule has 0 bridgehead atoms. The molecule has 9 heteroatoms. The third-order valence-electron chi connectivity index (χ3n) is 3.99. The highest BCUT2D eigenvalue weighted by Gasteiger charge is 2.29. The minimum absolute atomic E-state index is 0.135. The van der Waals surface area contributed by atoms with Gasteiger partial charge in [-0.15, -0.1) is 0 Å². The Morgan fingerprint density at radius 1 is 0.931 bits per heavy atom. The van der Waals surface area contributed by atoms with E-state index in [4.69, 9.17) is 9.47 Å². The van der Waals surface area contributed by atoms with Crippen LogP contribution in [0.5, 0.6) is 0 Å². The summed E-state index contributed by atoms with van der Waals surface area (Å²) in [6, 6.07) is -2.03. The van der Waals surface area contributed by atoms with Gasteiger partial charge in [0, 0.05) is 12.8 Å². The predicted molar refractivity (Wildman–Crippen MR) is 107 cm³/mol. The number of esters is 2. The molecule has 2 atom stereocenters. The number of nitrogens with one attached hydrogen (secondary N) is 2. The van der Waals surface area contributed by atoms with Crippen molar-refractivity contribution in [2.45, 2.75) is 72.4 Å². The molecule has 0 aliphatic heterocycles. The highest BCUT2D eigenvalue weighted by molar-refractivity contribution is 5.90. The summed E-state index contributed by atoms with van der Waals surface area (Å²) >= 11 is 0. The van der Waals surface area contributed by atoms with Crippen molar-refractivity contribution in [1.82, 2.24) is 10.6 Å². The SMILES string of the molecule is CCC(=O)NC(CO)C(=O)NC(C(=O)OCCCCOC(=O)CC(C)C)C(C)C.